The Hall–Kier alpha value is -9.54. The molecule has 0 spiro atoms. The molecule has 350 valence electrons. The molecule has 0 N–H and O–H groups in total. The van der Waals surface area contributed by atoms with Crippen molar-refractivity contribution in [3.63, 3.8) is 0 Å². The lowest BCUT2D eigenvalue weighted by atomic mass is 9.95. The number of hydrogen-bond donors (Lipinski definition) is 0. The number of benzene rings is 13. The van der Waals surface area contributed by atoms with E-state index >= 15 is 0 Å². The van der Waals surface area contributed by atoms with Crippen LogP contribution in [0.25, 0.3) is 124 Å². The summed E-state index contributed by atoms with van der Waals surface area (Å²) in [6.07, 6.45) is 0. The molecule has 15 aromatic rings. The molecule has 2 aromatic heterocycles. The molecular formula is C72H46N2S. The highest BCUT2D eigenvalue weighted by Gasteiger charge is 2.23. The van der Waals surface area contributed by atoms with E-state index in [9.17, 15) is 0 Å². The number of anilines is 3. The minimum Gasteiger partial charge on any atom is -0.310 e. The number of thiophene rings is 1. The molecule has 0 saturated carbocycles. The summed E-state index contributed by atoms with van der Waals surface area (Å²) >= 11 is 1.89. The molecule has 0 aliphatic carbocycles. The fraction of sp³-hybridized carbons (Fsp3) is 0. The zero-order valence-corrected chi connectivity index (χ0v) is 41.7. The first kappa shape index (κ1) is 43.1. The van der Waals surface area contributed by atoms with Crippen LogP contribution in [0.1, 0.15) is 0 Å². The maximum absolute atomic E-state index is 2.47. The Morgan fingerprint density at radius 1 is 0.293 bits per heavy atom. The Morgan fingerprint density at radius 3 is 1.64 bits per heavy atom. The first-order valence-electron chi connectivity index (χ1n) is 25.7. The topological polar surface area (TPSA) is 8.17 Å². The summed E-state index contributed by atoms with van der Waals surface area (Å²) in [5, 5.41) is 12.5. The molecule has 0 atom stereocenters. The molecule has 0 bridgehead atoms. The molecule has 15 rings (SSSR count). The third-order valence-corrected chi connectivity index (χ3v) is 16.6. The van der Waals surface area contributed by atoms with Gasteiger partial charge >= 0.3 is 0 Å². The molecular weight excluding hydrogens is 925 g/mol. The Labute approximate surface area is 438 Å². The van der Waals surface area contributed by atoms with Gasteiger partial charge in [-0.15, -0.1) is 11.3 Å². The molecule has 0 aliphatic heterocycles. The maximum atomic E-state index is 2.47. The van der Waals surface area contributed by atoms with Crippen LogP contribution in [0, 0.1) is 0 Å². The van der Waals surface area contributed by atoms with Gasteiger partial charge in [-0.2, -0.15) is 0 Å². The molecule has 0 unspecified atom stereocenters. The fourth-order valence-electron chi connectivity index (χ4n) is 11.9. The van der Waals surface area contributed by atoms with Crippen molar-refractivity contribution in [2.75, 3.05) is 4.90 Å². The van der Waals surface area contributed by atoms with Crippen molar-refractivity contribution in [2.24, 2.45) is 0 Å². The zero-order chi connectivity index (χ0) is 49.4. The van der Waals surface area contributed by atoms with E-state index in [4.69, 9.17) is 0 Å². The number of fused-ring (bicyclic) bond motifs is 9. The first-order chi connectivity index (χ1) is 37.2. The van der Waals surface area contributed by atoms with E-state index in [2.05, 4.69) is 289 Å². The van der Waals surface area contributed by atoms with Crippen molar-refractivity contribution < 1.29 is 0 Å². The summed E-state index contributed by atoms with van der Waals surface area (Å²) in [4.78, 5) is 2.47. The molecule has 75 heavy (non-hydrogen) atoms. The standard InChI is InChI=1S/C72H46N2S/c1-2-18-52-46-55(34-33-47(52)15-1)54-22-11-21-53(45-54)48-35-39-56(40-36-48)73(68-44-43-62(61-28-12-19-49-16-3-5-23-58(49)61)72-71(68)64-26-8-10-32-69(64)75-72)57-41-37-51(38-42-57)60-27-14-31-67-70(60)63-25-7-9-29-66(63)74(67)65-30-13-20-50-17-4-6-24-59(50)65/h1-46H. The fourth-order valence-corrected chi connectivity index (χ4v) is 13.1. The van der Waals surface area contributed by atoms with E-state index in [0.29, 0.717) is 0 Å². The largest absolute Gasteiger partial charge is 0.310 e. The van der Waals surface area contributed by atoms with E-state index in [1.807, 2.05) is 11.3 Å². The summed E-state index contributed by atoms with van der Waals surface area (Å²) in [6, 6.07) is 103. The summed E-state index contributed by atoms with van der Waals surface area (Å²) in [6.45, 7) is 0. The van der Waals surface area contributed by atoms with Crippen molar-refractivity contribution in [1.82, 2.24) is 4.57 Å². The minimum absolute atomic E-state index is 1.09. The average molecular weight is 971 g/mol. The second-order valence-electron chi connectivity index (χ2n) is 19.6. The highest BCUT2D eigenvalue weighted by Crippen LogP contribution is 2.50. The van der Waals surface area contributed by atoms with Crippen LogP contribution in [0.2, 0.25) is 0 Å². The SMILES string of the molecule is c1cc(-c2ccc(N(c3ccc(-c4cccc5c4c4ccccc4n5-c4cccc5ccccc45)cc3)c3ccc(-c4cccc5ccccc45)c4sc5ccccc5c34)cc2)cc(-c2ccc3ccccc3c2)c1. The Balaban J connectivity index is 0.894. The van der Waals surface area contributed by atoms with E-state index in [0.717, 1.165) is 17.1 Å². The molecule has 0 radical (unpaired) electrons. The third-order valence-electron chi connectivity index (χ3n) is 15.4. The average Bonchev–Trinajstić information content (AvgIpc) is 4.04. The third kappa shape index (κ3) is 7.16. The van der Waals surface area contributed by atoms with E-state index in [-0.39, 0.29) is 0 Å². The molecule has 0 fully saturated rings. The van der Waals surface area contributed by atoms with Gasteiger partial charge in [0.25, 0.3) is 0 Å². The van der Waals surface area contributed by atoms with Crippen molar-refractivity contribution in [2.45, 2.75) is 0 Å². The van der Waals surface area contributed by atoms with Crippen LogP contribution in [-0.2, 0) is 0 Å². The lowest BCUT2D eigenvalue weighted by molar-refractivity contribution is 1.20. The van der Waals surface area contributed by atoms with Gasteiger partial charge < -0.3 is 9.47 Å². The Kier molecular flexibility index (Phi) is 10.1. The molecule has 0 saturated heterocycles. The molecule has 2 heterocycles. The molecule has 13 aromatic carbocycles. The lowest BCUT2D eigenvalue weighted by Crippen LogP contribution is -2.10. The van der Waals surface area contributed by atoms with Gasteiger partial charge in [-0.1, -0.05) is 212 Å². The van der Waals surface area contributed by atoms with Gasteiger partial charge in [-0.25, -0.2) is 0 Å². The number of nitrogens with zero attached hydrogens (tertiary/aromatic N) is 2. The Bertz CT molecular complexity index is 4700. The summed E-state index contributed by atoms with van der Waals surface area (Å²) in [7, 11) is 0. The second kappa shape index (κ2) is 17.6. The Morgan fingerprint density at radius 2 is 0.840 bits per heavy atom. The monoisotopic (exact) mass is 970 g/mol. The zero-order valence-electron chi connectivity index (χ0n) is 40.9. The van der Waals surface area contributed by atoms with Crippen LogP contribution >= 0.6 is 11.3 Å². The number of para-hydroxylation sites is 1. The van der Waals surface area contributed by atoms with Crippen molar-refractivity contribution in [3.8, 4) is 50.2 Å². The van der Waals surface area contributed by atoms with E-state index in [1.165, 1.54) is 124 Å². The number of rotatable bonds is 8. The number of aromatic nitrogens is 1. The molecule has 3 heteroatoms. The summed E-state index contributed by atoms with van der Waals surface area (Å²) in [5.74, 6) is 0. The van der Waals surface area contributed by atoms with Crippen molar-refractivity contribution in [1.29, 1.82) is 0 Å². The summed E-state index contributed by atoms with van der Waals surface area (Å²) in [5.41, 5.74) is 16.5. The van der Waals surface area contributed by atoms with Crippen LogP contribution in [0.3, 0.4) is 0 Å². The van der Waals surface area contributed by atoms with Gasteiger partial charge in [-0.05, 0) is 133 Å². The quantitative estimate of drug-likeness (QED) is 0.147. The van der Waals surface area contributed by atoms with Crippen LogP contribution < -0.4 is 4.90 Å². The van der Waals surface area contributed by atoms with Crippen LogP contribution in [0.4, 0.5) is 17.1 Å². The van der Waals surface area contributed by atoms with Gasteiger partial charge in [0.15, 0.2) is 0 Å². The minimum atomic E-state index is 1.09. The van der Waals surface area contributed by atoms with Gasteiger partial charge in [0.1, 0.15) is 0 Å². The van der Waals surface area contributed by atoms with E-state index in [1.54, 1.807) is 0 Å². The van der Waals surface area contributed by atoms with Gasteiger partial charge in [0.2, 0.25) is 0 Å². The second-order valence-corrected chi connectivity index (χ2v) is 20.6. The van der Waals surface area contributed by atoms with Gasteiger partial charge in [0, 0.05) is 53.3 Å². The van der Waals surface area contributed by atoms with Gasteiger partial charge in [0.05, 0.1) is 22.4 Å². The molecule has 2 nitrogen and oxygen atoms in total. The molecule has 0 amide bonds. The molecule has 0 aliphatic rings. The van der Waals surface area contributed by atoms with Crippen LogP contribution in [0.15, 0.2) is 279 Å². The van der Waals surface area contributed by atoms with Crippen molar-refractivity contribution in [3.05, 3.63) is 279 Å². The maximum Gasteiger partial charge on any atom is 0.0555 e. The number of hydrogen-bond acceptors (Lipinski definition) is 2. The van der Waals surface area contributed by atoms with Crippen molar-refractivity contribution >= 4 is 103 Å². The van der Waals surface area contributed by atoms with Gasteiger partial charge in [-0.3, -0.25) is 0 Å². The predicted molar refractivity (Wildman–Crippen MR) is 323 cm³/mol. The van der Waals surface area contributed by atoms with Crippen LogP contribution in [0.5, 0.6) is 0 Å². The lowest BCUT2D eigenvalue weighted by Gasteiger charge is -2.27. The van der Waals surface area contributed by atoms with Crippen LogP contribution in [-0.4, -0.2) is 4.57 Å². The highest BCUT2D eigenvalue weighted by atomic mass is 32.1. The first-order valence-corrected chi connectivity index (χ1v) is 26.5. The smallest absolute Gasteiger partial charge is 0.0555 e. The normalized spacial score (nSPS) is 11.7. The highest BCUT2D eigenvalue weighted by molar-refractivity contribution is 7.26. The predicted octanol–water partition coefficient (Wildman–Crippen LogP) is 20.7. The summed E-state index contributed by atoms with van der Waals surface area (Å²) < 4.78 is 5.01. The van der Waals surface area contributed by atoms with E-state index < -0.39 is 0 Å².